The molecular weight excluding hydrogens is 260 g/mol. The summed E-state index contributed by atoms with van der Waals surface area (Å²) < 4.78 is 0. The minimum absolute atomic E-state index is 0.665. The van der Waals surface area contributed by atoms with Crippen molar-refractivity contribution in [3.8, 4) is 17.3 Å². The number of fused-ring (bicyclic) bond motifs is 2. The first-order valence-electron chi connectivity index (χ1n) is 7.11. The lowest BCUT2D eigenvalue weighted by molar-refractivity contribution is 0.803. The van der Waals surface area contributed by atoms with E-state index in [1.165, 1.54) is 0 Å². The number of aryl methyl sites for hydroxylation is 1. The summed E-state index contributed by atoms with van der Waals surface area (Å²) in [5.74, 6) is 0. The molecule has 0 spiro atoms. The van der Waals surface area contributed by atoms with Gasteiger partial charge in [-0.15, -0.1) is 0 Å². The van der Waals surface area contributed by atoms with Gasteiger partial charge in [-0.2, -0.15) is 5.26 Å². The summed E-state index contributed by atoms with van der Waals surface area (Å²) in [7, 11) is 0. The lowest BCUT2D eigenvalue weighted by atomic mass is 10.0. The molecule has 0 atom stereocenters. The lowest BCUT2D eigenvalue weighted by Gasteiger charge is -2.17. The van der Waals surface area contributed by atoms with Crippen LogP contribution in [-0.2, 0) is 6.42 Å². The van der Waals surface area contributed by atoms with Crippen LogP contribution in [0.5, 0.6) is 0 Å². The molecule has 3 aromatic rings. The summed E-state index contributed by atoms with van der Waals surface area (Å²) in [6, 6.07) is 12.1. The van der Waals surface area contributed by atoms with E-state index in [2.05, 4.69) is 22.4 Å². The number of nitriles is 1. The predicted octanol–water partition coefficient (Wildman–Crippen LogP) is 3.46. The Labute approximate surface area is 122 Å². The fourth-order valence-electron chi connectivity index (χ4n) is 2.94. The maximum atomic E-state index is 9.18. The minimum Gasteiger partial charge on any atom is -0.384 e. The summed E-state index contributed by atoms with van der Waals surface area (Å²) in [6.45, 7) is 1.02. The average molecular weight is 274 g/mol. The summed E-state index contributed by atoms with van der Waals surface area (Å²) in [4.78, 5) is 8.00. The molecule has 3 heterocycles. The van der Waals surface area contributed by atoms with Crippen LogP contribution in [0, 0.1) is 11.3 Å². The zero-order valence-electron chi connectivity index (χ0n) is 11.5. The van der Waals surface area contributed by atoms with Gasteiger partial charge in [0, 0.05) is 23.7 Å². The molecule has 0 aliphatic carbocycles. The number of H-pyrrole nitrogens is 1. The Balaban J connectivity index is 1.89. The van der Waals surface area contributed by atoms with Crippen molar-refractivity contribution in [1.82, 2.24) is 9.97 Å². The number of hydrogen-bond acceptors (Lipinski definition) is 3. The Kier molecular flexibility index (Phi) is 2.65. The standard InChI is InChI=1S/C17H14N4/c18-9-11-3-1-4-12-13(10-20-17(11)12)14-6-7-15-16(21-14)5-2-8-19-15/h1,3-4,6-7,10,19-20H,2,5,8H2. The van der Waals surface area contributed by atoms with Gasteiger partial charge in [0.2, 0.25) is 0 Å². The fraction of sp³-hybridized carbons (Fsp3) is 0.176. The van der Waals surface area contributed by atoms with Crippen molar-refractivity contribution in [2.24, 2.45) is 0 Å². The van der Waals surface area contributed by atoms with Crippen molar-refractivity contribution in [1.29, 1.82) is 5.26 Å². The zero-order chi connectivity index (χ0) is 14.2. The fourth-order valence-corrected chi connectivity index (χ4v) is 2.94. The highest BCUT2D eigenvalue weighted by molar-refractivity contribution is 5.97. The number of para-hydroxylation sites is 1. The molecule has 102 valence electrons. The third-order valence-electron chi connectivity index (χ3n) is 3.99. The highest BCUT2D eigenvalue weighted by atomic mass is 14.9. The van der Waals surface area contributed by atoms with Crippen LogP contribution in [0.4, 0.5) is 5.69 Å². The van der Waals surface area contributed by atoms with Crippen LogP contribution in [0.3, 0.4) is 0 Å². The van der Waals surface area contributed by atoms with Gasteiger partial charge < -0.3 is 10.3 Å². The topological polar surface area (TPSA) is 64.5 Å². The van der Waals surface area contributed by atoms with Gasteiger partial charge in [0.1, 0.15) is 6.07 Å². The van der Waals surface area contributed by atoms with Gasteiger partial charge in [-0.3, -0.25) is 4.98 Å². The lowest BCUT2D eigenvalue weighted by Crippen LogP contribution is -2.13. The number of aromatic amines is 1. The second kappa shape index (κ2) is 4.64. The SMILES string of the molecule is N#Cc1cccc2c(-c3ccc4c(n3)CCCN4)c[nH]c12. The van der Waals surface area contributed by atoms with E-state index in [0.29, 0.717) is 5.56 Å². The molecule has 2 N–H and O–H groups in total. The molecular formula is C17H14N4. The molecule has 0 saturated heterocycles. The van der Waals surface area contributed by atoms with E-state index in [4.69, 9.17) is 4.98 Å². The average Bonchev–Trinajstić information content (AvgIpc) is 2.98. The van der Waals surface area contributed by atoms with E-state index in [1.807, 2.05) is 30.5 Å². The molecule has 0 unspecified atom stereocenters. The first-order chi connectivity index (χ1) is 10.4. The Hall–Kier alpha value is -2.80. The van der Waals surface area contributed by atoms with E-state index in [9.17, 15) is 5.26 Å². The third-order valence-corrected chi connectivity index (χ3v) is 3.99. The molecule has 1 aliphatic heterocycles. The quantitative estimate of drug-likeness (QED) is 0.714. The van der Waals surface area contributed by atoms with Crippen molar-refractivity contribution in [2.45, 2.75) is 12.8 Å². The first-order valence-corrected chi connectivity index (χ1v) is 7.11. The third kappa shape index (κ3) is 1.86. The van der Waals surface area contributed by atoms with Gasteiger partial charge in [-0.25, -0.2) is 0 Å². The number of aromatic nitrogens is 2. The van der Waals surface area contributed by atoms with Crippen molar-refractivity contribution in [3.05, 3.63) is 47.8 Å². The van der Waals surface area contributed by atoms with Crippen LogP contribution >= 0.6 is 0 Å². The highest BCUT2D eigenvalue weighted by Gasteiger charge is 2.14. The number of benzene rings is 1. The molecule has 0 bridgehead atoms. The normalized spacial score (nSPS) is 13.5. The van der Waals surface area contributed by atoms with Gasteiger partial charge in [-0.05, 0) is 31.0 Å². The van der Waals surface area contributed by atoms with Crippen LogP contribution in [0.25, 0.3) is 22.2 Å². The van der Waals surface area contributed by atoms with Crippen LogP contribution in [0.1, 0.15) is 17.7 Å². The molecule has 4 nitrogen and oxygen atoms in total. The first kappa shape index (κ1) is 12.0. The highest BCUT2D eigenvalue weighted by Crippen LogP contribution is 2.31. The molecule has 21 heavy (non-hydrogen) atoms. The van der Waals surface area contributed by atoms with Gasteiger partial charge in [0.25, 0.3) is 0 Å². The Bertz CT molecular complexity index is 870. The second-order valence-electron chi connectivity index (χ2n) is 5.26. The van der Waals surface area contributed by atoms with E-state index in [1.54, 1.807) is 0 Å². The van der Waals surface area contributed by atoms with Crippen molar-refractivity contribution in [3.63, 3.8) is 0 Å². The van der Waals surface area contributed by atoms with Gasteiger partial charge in [-0.1, -0.05) is 12.1 Å². The van der Waals surface area contributed by atoms with Crippen LogP contribution < -0.4 is 5.32 Å². The monoisotopic (exact) mass is 274 g/mol. The Morgan fingerprint density at radius 2 is 2.14 bits per heavy atom. The van der Waals surface area contributed by atoms with E-state index in [-0.39, 0.29) is 0 Å². The van der Waals surface area contributed by atoms with Crippen molar-refractivity contribution >= 4 is 16.6 Å². The summed E-state index contributed by atoms with van der Waals surface area (Å²) in [5.41, 5.74) is 5.83. The molecule has 4 heteroatoms. The summed E-state index contributed by atoms with van der Waals surface area (Å²) in [5, 5.41) is 13.6. The molecule has 2 aromatic heterocycles. The minimum atomic E-state index is 0.665. The second-order valence-corrected chi connectivity index (χ2v) is 5.26. The van der Waals surface area contributed by atoms with Crippen molar-refractivity contribution in [2.75, 3.05) is 11.9 Å². The van der Waals surface area contributed by atoms with E-state index in [0.717, 1.165) is 52.9 Å². The number of anilines is 1. The van der Waals surface area contributed by atoms with Crippen LogP contribution in [0.2, 0.25) is 0 Å². The van der Waals surface area contributed by atoms with Gasteiger partial charge in [0.15, 0.2) is 0 Å². The predicted molar refractivity (Wildman–Crippen MR) is 83.1 cm³/mol. The molecule has 0 radical (unpaired) electrons. The molecule has 4 rings (SSSR count). The molecule has 0 fully saturated rings. The van der Waals surface area contributed by atoms with Crippen LogP contribution in [-0.4, -0.2) is 16.5 Å². The maximum absolute atomic E-state index is 9.18. The summed E-state index contributed by atoms with van der Waals surface area (Å²) >= 11 is 0. The number of nitrogens with one attached hydrogen (secondary N) is 2. The number of nitrogens with zero attached hydrogens (tertiary/aromatic N) is 2. The molecule has 1 aliphatic rings. The summed E-state index contributed by atoms with van der Waals surface area (Å²) in [6.07, 6.45) is 4.08. The van der Waals surface area contributed by atoms with E-state index < -0.39 is 0 Å². The van der Waals surface area contributed by atoms with Crippen LogP contribution in [0.15, 0.2) is 36.5 Å². The Morgan fingerprint density at radius 3 is 3.05 bits per heavy atom. The number of pyridine rings is 1. The molecule has 0 saturated carbocycles. The van der Waals surface area contributed by atoms with E-state index >= 15 is 0 Å². The largest absolute Gasteiger partial charge is 0.384 e. The van der Waals surface area contributed by atoms with Crippen molar-refractivity contribution < 1.29 is 0 Å². The molecule has 0 amide bonds. The number of rotatable bonds is 1. The maximum Gasteiger partial charge on any atom is 0.101 e. The zero-order valence-corrected chi connectivity index (χ0v) is 11.5. The van der Waals surface area contributed by atoms with Gasteiger partial charge >= 0.3 is 0 Å². The van der Waals surface area contributed by atoms with Gasteiger partial charge in [0.05, 0.1) is 28.2 Å². The smallest absolute Gasteiger partial charge is 0.101 e. The Morgan fingerprint density at radius 1 is 1.19 bits per heavy atom. The molecule has 1 aromatic carbocycles. The number of hydrogen-bond donors (Lipinski definition) is 2.